The fourth-order valence-electron chi connectivity index (χ4n) is 5.59. The number of hydrogen-bond acceptors (Lipinski definition) is 2. The molecule has 0 amide bonds. The Bertz CT molecular complexity index is 2130. The molecule has 3 heterocycles. The second kappa shape index (κ2) is 9.59. The predicted octanol–water partition coefficient (Wildman–Crippen LogP) is 9.68. The monoisotopic (exact) mass is 694 g/mol. The Morgan fingerprint density at radius 3 is 2.26 bits per heavy atom. The van der Waals surface area contributed by atoms with E-state index in [0.717, 1.165) is 16.8 Å². The van der Waals surface area contributed by atoms with Gasteiger partial charge in [0.25, 0.3) is 0 Å². The van der Waals surface area contributed by atoms with Crippen molar-refractivity contribution in [1.29, 1.82) is 0 Å². The summed E-state index contributed by atoms with van der Waals surface area (Å²) in [6, 6.07) is 46.7. The van der Waals surface area contributed by atoms with Crippen LogP contribution in [0.25, 0.3) is 70.0 Å². The van der Waals surface area contributed by atoms with Gasteiger partial charge in [-0.2, -0.15) is 0 Å². The summed E-state index contributed by atoms with van der Waals surface area (Å²) in [6.07, 6.45) is 1.83. The molecule has 0 saturated carbocycles. The molecule has 8 aromatic rings. The smallest absolute Gasteiger partial charge is 0.0555 e. The summed E-state index contributed by atoms with van der Waals surface area (Å²) < 4.78 is 5.04. The number of fused-ring (bicyclic) bond motifs is 6. The van der Waals surface area contributed by atoms with Gasteiger partial charge in [0, 0.05) is 62.9 Å². The van der Waals surface area contributed by atoms with Crippen LogP contribution in [0.2, 0.25) is 0 Å². The maximum Gasteiger partial charge on any atom is 0.0555 e. The molecule has 1 radical (unpaired) electrons. The Morgan fingerprint density at radius 2 is 1.38 bits per heavy atom. The fourth-order valence-corrected chi connectivity index (χ4v) is 6.71. The van der Waals surface area contributed by atoms with Crippen LogP contribution in [0, 0.1) is 6.07 Å². The fraction of sp³-hybridized carbons (Fsp3) is 0. The van der Waals surface area contributed by atoms with Gasteiger partial charge in [-0.05, 0) is 59.8 Å². The Hall–Kier alpha value is -4.08. The molecule has 0 aliphatic heterocycles. The van der Waals surface area contributed by atoms with Gasteiger partial charge < -0.3 is 9.55 Å². The number of benzene rings is 5. The van der Waals surface area contributed by atoms with E-state index in [4.69, 9.17) is 0 Å². The zero-order valence-electron chi connectivity index (χ0n) is 20.8. The molecule has 8 rings (SSSR count). The summed E-state index contributed by atoms with van der Waals surface area (Å²) >= 11 is 1.87. The van der Waals surface area contributed by atoms with Crippen LogP contribution in [0.4, 0.5) is 0 Å². The van der Waals surface area contributed by atoms with Crippen LogP contribution in [-0.4, -0.2) is 9.55 Å². The Kier molecular flexibility index (Phi) is 5.90. The molecule has 0 fully saturated rings. The summed E-state index contributed by atoms with van der Waals surface area (Å²) in [5.74, 6) is 0. The van der Waals surface area contributed by atoms with E-state index in [0.29, 0.717) is 0 Å². The number of rotatable bonds is 3. The van der Waals surface area contributed by atoms with Gasteiger partial charge in [0.1, 0.15) is 0 Å². The van der Waals surface area contributed by atoms with Crippen LogP contribution in [0.5, 0.6) is 0 Å². The van der Waals surface area contributed by atoms with E-state index in [1.165, 1.54) is 53.2 Å². The maximum atomic E-state index is 4.53. The Morgan fingerprint density at radius 1 is 0.590 bits per heavy atom. The number of nitrogens with zero attached hydrogens (tertiary/aromatic N) is 2. The quantitative estimate of drug-likeness (QED) is 0.169. The second-order valence-corrected chi connectivity index (χ2v) is 10.7. The topological polar surface area (TPSA) is 17.8 Å². The average Bonchev–Trinajstić information content (AvgIpc) is 3.51. The molecule has 0 spiro atoms. The van der Waals surface area contributed by atoms with E-state index < -0.39 is 0 Å². The standard InChI is InChI=1S/C35H21N2S.Ir/c1-2-11-26(12-3-1)37-32-17-16-24(23-9-8-10-25(19-23)31-14-6-7-18-36-31)20-28(32)29-21-30-27-13-4-5-15-34(27)38-35(30)22-33(29)37;/h1-9,11-22H;/q-1;. The van der Waals surface area contributed by atoms with Gasteiger partial charge in [-0.15, -0.1) is 46.7 Å². The molecule has 0 unspecified atom stereocenters. The van der Waals surface area contributed by atoms with Gasteiger partial charge in [0.05, 0.1) is 11.0 Å². The van der Waals surface area contributed by atoms with Crippen molar-refractivity contribution in [2.75, 3.05) is 0 Å². The molecule has 4 heteroatoms. The van der Waals surface area contributed by atoms with Crippen molar-refractivity contribution in [3.05, 3.63) is 134 Å². The largest absolute Gasteiger partial charge is 0.309 e. The minimum absolute atomic E-state index is 0. The molecule has 39 heavy (non-hydrogen) atoms. The molecular formula is C35H21IrN2S-. The number of hydrogen-bond donors (Lipinski definition) is 0. The van der Waals surface area contributed by atoms with Crippen molar-refractivity contribution in [1.82, 2.24) is 9.55 Å². The second-order valence-electron chi connectivity index (χ2n) is 9.57. The summed E-state index contributed by atoms with van der Waals surface area (Å²) in [7, 11) is 0. The van der Waals surface area contributed by atoms with E-state index in [2.05, 4.69) is 113 Å². The zero-order chi connectivity index (χ0) is 25.1. The van der Waals surface area contributed by atoms with Crippen LogP contribution in [0.15, 0.2) is 128 Å². The Labute approximate surface area is 243 Å². The van der Waals surface area contributed by atoms with Gasteiger partial charge in [-0.25, -0.2) is 0 Å². The summed E-state index contributed by atoms with van der Waals surface area (Å²) in [4.78, 5) is 4.53. The van der Waals surface area contributed by atoms with Crippen LogP contribution in [0.1, 0.15) is 0 Å². The molecule has 2 nitrogen and oxygen atoms in total. The molecule has 0 atom stereocenters. The Balaban J connectivity index is 0.00000253. The molecule has 0 saturated heterocycles. The molecule has 0 aliphatic rings. The number of para-hydroxylation sites is 1. The van der Waals surface area contributed by atoms with Gasteiger partial charge in [-0.1, -0.05) is 54.6 Å². The summed E-state index contributed by atoms with van der Waals surface area (Å²) in [6.45, 7) is 0. The average molecular weight is 694 g/mol. The van der Waals surface area contributed by atoms with Gasteiger partial charge in [0.15, 0.2) is 0 Å². The molecule has 187 valence electrons. The third-order valence-corrected chi connectivity index (χ3v) is 8.49. The first kappa shape index (κ1) is 24.0. The van der Waals surface area contributed by atoms with E-state index >= 15 is 0 Å². The van der Waals surface area contributed by atoms with Crippen molar-refractivity contribution in [3.8, 4) is 28.1 Å². The molecule has 0 bridgehead atoms. The van der Waals surface area contributed by atoms with Gasteiger partial charge >= 0.3 is 0 Å². The number of thiophene rings is 1. The molecule has 5 aromatic carbocycles. The van der Waals surface area contributed by atoms with Crippen LogP contribution in [0.3, 0.4) is 0 Å². The normalized spacial score (nSPS) is 11.4. The van der Waals surface area contributed by atoms with Crippen molar-refractivity contribution in [2.24, 2.45) is 0 Å². The molecule has 0 N–H and O–H groups in total. The molecule has 0 aliphatic carbocycles. The third kappa shape index (κ3) is 3.92. The predicted molar refractivity (Wildman–Crippen MR) is 161 cm³/mol. The first-order valence-electron chi connectivity index (χ1n) is 12.7. The van der Waals surface area contributed by atoms with Crippen molar-refractivity contribution >= 4 is 53.3 Å². The summed E-state index contributed by atoms with van der Waals surface area (Å²) in [5.41, 5.74) is 7.90. The van der Waals surface area contributed by atoms with Crippen LogP contribution >= 0.6 is 11.3 Å². The number of pyridine rings is 1. The first-order valence-corrected chi connectivity index (χ1v) is 13.5. The number of aromatic nitrogens is 2. The van der Waals surface area contributed by atoms with Crippen molar-refractivity contribution in [2.45, 2.75) is 0 Å². The molecular weight excluding hydrogens is 673 g/mol. The minimum atomic E-state index is 0. The SMILES string of the molecule is [Ir].[c-]1ccc(-c2ccc3c(c2)c2cc4c(cc2n3-c2ccccc2)sc2ccccc24)cc1-c1ccccn1. The van der Waals surface area contributed by atoms with Crippen molar-refractivity contribution < 1.29 is 20.1 Å². The zero-order valence-corrected chi connectivity index (χ0v) is 24.0. The third-order valence-electron chi connectivity index (χ3n) is 7.35. The van der Waals surface area contributed by atoms with Crippen molar-refractivity contribution in [3.63, 3.8) is 0 Å². The van der Waals surface area contributed by atoms with Gasteiger partial charge in [-0.3, -0.25) is 0 Å². The van der Waals surface area contributed by atoms with Crippen LogP contribution in [-0.2, 0) is 20.1 Å². The van der Waals surface area contributed by atoms with Gasteiger partial charge in [0.2, 0.25) is 0 Å². The van der Waals surface area contributed by atoms with E-state index in [1.807, 2.05) is 41.8 Å². The van der Waals surface area contributed by atoms with Crippen LogP contribution < -0.4 is 0 Å². The van der Waals surface area contributed by atoms with E-state index in [-0.39, 0.29) is 20.1 Å². The molecule has 3 aromatic heterocycles. The van der Waals surface area contributed by atoms with E-state index in [1.54, 1.807) is 0 Å². The maximum absolute atomic E-state index is 4.53. The van der Waals surface area contributed by atoms with E-state index in [9.17, 15) is 0 Å². The minimum Gasteiger partial charge on any atom is -0.309 e. The first-order chi connectivity index (χ1) is 18.8. The summed E-state index contributed by atoms with van der Waals surface area (Å²) in [5, 5.41) is 5.17.